The summed E-state index contributed by atoms with van der Waals surface area (Å²) < 4.78 is 0. The predicted molar refractivity (Wildman–Crippen MR) is 43.8 cm³/mol. The maximum atomic E-state index is 2.42. The molecular formula is C10H16. The summed E-state index contributed by atoms with van der Waals surface area (Å²) in [5.74, 6) is 3.26. The Kier molecular flexibility index (Phi) is 1.55. The Morgan fingerprint density at radius 1 is 1.00 bits per heavy atom. The minimum absolute atomic E-state index is 1.06. The first-order valence-electron chi connectivity index (χ1n) is 4.54. The standard InChI is InChI=1S/C10H16/c1-8-9-6-4-2-3-5-7-10(8)9/h2-3,8-10H,4-7H2,1H3. The first-order valence-corrected chi connectivity index (χ1v) is 4.54. The van der Waals surface area contributed by atoms with E-state index in [0.29, 0.717) is 0 Å². The van der Waals surface area contributed by atoms with E-state index >= 15 is 0 Å². The van der Waals surface area contributed by atoms with Crippen LogP contribution in [0.1, 0.15) is 32.6 Å². The van der Waals surface area contributed by atoms with E-state index in [4.69, 9.17) is 0 Å². The Morgan fingerprint density at radius 2 is 1.50 bits per heavy atom. The van der Waals surface area contributed by atoms with Crippen LogP contribution < -0.4 is 0 Å². The summed E-state index contributed by atoms with van der Waals surface area (Å²) in [5.41, 5.74) is 0. The van der Waals surface area contributed by atoms with Crippen molar-refractivity contribution in [1.29, 1.82) is 0 Å². The molecule has 2 aliphatic carbocycles. The molecule has 0 saturated heterocycles. The molecule has 0 aromatic carbocycles. The van der Waals surface area contributed by atoms with Crippen LogP contribution in [0, 0.1) is 17.8 Å². The Hall–Kier alpha value is -0.260. The van der Waals surface area contributed by atoms with Crippen LogP contribution >= 0.6 is 0 Å². The van der Waals surface area contributed by atoms with Gasteiger partial charge in [0.15, 0.2) is 0 Å². The van der Waals surface area contributed by atoms with E-state index < -0.39 is 0 Å². The molecule has 2 atom stereocenters. The zero-order valence-electron chi connectivity index (χ0n) is 6.72. The van der Waals surface area contributed by atoms with Crippen molar-refractivity contribution in [1.82, 2.24) is 0 Å². The average molecular weight is 136 g/mol. The summed E-state index contributed by atoms with van der Waals surface area (Å²) in [6.45, 7) is 2.42. The summed E-state index contributed by atoms with van der Waals surface area (Å²) in [6, 6.07) is 0. The van der Waals surface area contributed by atoms with Gasteiger partial charge in [-0.2, -0.15) is 0 Å². The van der Waals surface area contributed by atoms with Crippen LogP contribution in [0.15, 0.2) is 12.2 Å². The fourth-order valence-corrected chi connectivity index (χ4v) is 2.40. The number of hydrogen-bond donors (Lipinski definition) is 0. The topological polar surface area (TPSA) is 0 Å². The fourth-order valence-electron chi connectivity index (χ4n) is 2.40. The first-order chi connectivity index (χ1) is 4.89. The lowest BCUT2D eigenvalue weighted by Gasteiger charge is -1.99. The van der Waals surface area contributed by atoms with E-state index in [-0.39, 0.29) is 0 Å². The van der Waals surface area contributed by atoms with Crippen molar-refractivity contribution in [3.63, 3.8) is 0 Å². The van der Waals surface area contributed by atoms with Crippen LogP contribution in [-0.2, 0) is 0 Å². The molecule has 2 aliphatic rings. The molecule has 1 saturated carbocycles. The zero-order chi connectivity index (χ0) is 6.97. The predicted octanol–water partition coefficient (Wildman–Crippen LogP) is 3.00. The van der Waals surface area contributed by atoms with Crippen molar-refractivity contribution in [2.45, 2.75) is 32.6 Å². The number of hydrogen-bond acceptors (Lipinski definition) is 0. The average Bonchev–Trinajstić information content (AvgIpc) is 2.39. The second kappa shape index (κ2) is 2.41. The normalized spacial score (nSPS) is 45.5. The minimum atomic E-state index is 1.06. The van der Waals surface area contributed by atoms with Gasteiger partial charge in [-0.25, -0.2) is 0 Å². The third-order valence-electron chi connectivity index (χ3n) is 3.26. The molecule has 0 nitrogen and oxygen atoms in total. The fraction of sp³-hybridized carbons (Fsp3) is 0.800. The first kappa shape index (κ1) is 6.45. The third kappa shape index (κ3) is 1.00. The summed E-state index contributed by atoms with van der Waals surface area (Å²) >= 11 is 0. The molecule has 0 aromatic rings. The molecule has 56 valence electrons. The van der Waals surface area contributed by atoms with E-state index in [1.54, 1.807) is 0 Å². The van der Waals surface area contributed by atoms with Gasteiger partial charge < -0.3 is 0 Å². The van der Waals surface area contributed by atoms with E-state index in [1.807, 2.05) is 0 Å². The van der Waals surface area contributed by atoms with E-state index in [2.05, 4.69) is 19.1 Å². The molecule has 0 aromatic heterocycles. The van der Waals surface area contributed by atoms with Gasteiger partial charge in [0.2, 0.25) is 0 Å². The molecule has 0 radical (unpaired) electrons. The van der Waals surface area contributed by atoms with Crippen molar-refractivity contribution in [2.75, 3.05) is 0 Å². The van der Waals surface area contributed by atoms with Crippen LogP contribution in [0.4, 0.5) is 0 Å². The Labute approximate surface area is 63.3 Å². The van der Waals surface area contributed by atoms with Gasteiger partial charge in [0.05, 0.1) is 0 Å². The van der Waals surface area contributed by atoms with E-state index in [9.17, 15) is 0 Å². The highest BCUT2D eigenvalue weighted by Crippen LogP contribution is 2.52. The van der Waals surface area contributed by atoms with Crippen LogP contribution in [0.5, 0.6) is 0 Å². The summed E-state index contributed by atoms with van der Waals surface area (Å²) in [6.07, 6.45) is 10.3. The molecule has 10 heavy (non-hydrogen) atoms. The van der Waals surface area contributed by atoms with Gasteiger partial charge in [0.1, 0.15) is 0 Å². The van der Waals surface area contributed by atoms with Crippen LogP contribution in [0.3, 0.4) is 0 Å². The highest BCUT2D eigenvalue weighted by atomic mass is 14.5. The van der Waals surface area contributed by atoms with Crippen LogP contribution in [0.25, 0.3) is 0 Å². The third-order valence-corrected chi connectivity index (χ3v) is 3.26. The molecule has 0 spiro atoms. The maximum absolute atomic E-state index is 2.42. The van der Waals surface area contributed by atoms with E-state index in [1.165, 1.54) is 25.7 Å². The Morgan fingerprint density at radius 3 is 2.00 bits per heavy atom. The molecular weight excluding hydrogens is 120 g/mol. The van der Waals surface area contributed by atoms with Crippen LogP contribution in [-0.4, -0.2) is 0 Å². The van der Waals surface area contributed by atoms with Gasteiger partial charge in [0, 0.05) is 0 Å². The van der Waals surface area contributed by atoms with Crippen molar-refractivity contribution in [3.05, 3.63) is 12.2 Å². The second-order valence-electron chi connectivity index (χ2n) is 3.81. The summed E-state index contributed by atoms with van der Waals surface area (Å²) in [7, 11) is 0. The lowest BCUT2D eigenvalue weighted by molar-refractivity contribution is 0.605. The molecule has 2 unspecified atom stereocenters. The van der Waals surface area contributed by atoms with E-state index in [0.717, 1.165) is 17.8 Å². The molecule has 0 amide bonds. The molecule has 0 heterocycles. The van der Waals surface area contributed by atoms with Crippen molar-refractivity contribution < 1.29 is 0 Å². The maximum Gasteiger partial charge on any atom is -0.0348 e. The molecule has 0 bridgehead atoms. The highest BCUT2D eigenvalue weighted by Gasteiger charge is 2.44. The number of allylic oxidation sites excluding steroid dienone is 2. The molecule has 0 heteroatoms. The van der Waals surface area contributed by atoms with Crippen molar-refractivity contribution in [2.24, 2.45) is 17.8 Å². The largest absolute Gasteiger partial charge is 0.0885 e. The molecule has 0 aliphatic heterocycles. The van der Waals surface area contributed by atoms with Gasteiger partial charge in [0.25, 0.3) is 0 Å². The smallest absolute Gasteiger partial charge is 0.0348 e. The van der Waals surface area contributed by atoms with Crippen LogP contribution in [0.2, 0.25) is 0 Å². The lowest BCUT2D eigenvalue weighted by atomic mass is 10.1. The summed E-state index contributed by atoms with van der Waals surface area (Å²) in [5, 5.41) is 0. The molecule has 2 rings (SSSR count). The minimum Gasteiger partial charge on any atom is -0.0885 e. The van der Waals surface area contributed by atoms with Crippen molar-refractivity contribution >= 4 is 0 Å². The SMILES string of the molecule is CC1C2CCC=CCCC12. The highest BCUT2D eigenvalue weighted by molar-refractivity contribution is 4.99. The van der Waals surface area contributed by atoms with Gasteiger partial charge in [-0.3, -0.25) is 0 Å². The summed E-state index contributed by atoms with van der Waals surface area (Å²) in [4.78, 5) is 0. The van der Waals surface area contributed by atoms with Gasteiger partial charge in [-0.15, -0.1) is 0 Å². The van der Waals surface area contributed by atoms with Gasteiger partial charge in [-0.05, 0) is 43.4 Å². The van der Waals surface area contributed by atoms with Crippen molar-refractivity contribution in [3.8, 4) is 0 Å². The second-order valence-corrected chi connectivity index (χ2v) is 3.81. The Balaban J connectivity index is 1.94. The zero-order valence-corrected chi connectivity index (χ0v) is 6.72. The van der Waals surface area contributed by atoms with Gasteiger partial charge >= 0.3 is 0 Å². The monoisotopic (exact) mass is 136 g/mol. The number of rotatable bonds is 0. The lowest BCUT2D eigenvalue weighted by Crippen LogP contribution is -1.85. The quantitative estimate of drug-likeness (QED) is 0.449. The Bertz CT molecular complexity index is 130. The number of fused-ring (bicyclic) bond motifs is 1. The van der Waals surface area contributed by atoms with Gasteiger partial charge in [-0.1, -0.05) is 19.1 Å². The molecule has 0 N–H and O–H groups in total. The molecule has 1 fully saturated rings.